The molecule has 0 aliphatic carbocycles. The summed E-state index contributed by atoms with van der Waals surface area (Å²) in [6, 6.07) is -0.0417. The van der Waals surface area contributed by atoms with E-state index in [1.165, 1.54) is 0 Å². The van der Waals surface area contributed by atoms with E-state index >= 15 is 0 Å². The molecule has 0 radical (unpaired) electrons. The first-order valence-electron chi connectivity index (χ1n) is 3.65. The van der Waals surface area contributed by atoms with E-state index < -0.39 is 7.05 Å². The lowest BCUT2D eigenvalue weighted by atomic mass is 9.84. The van der Waals surface area contributed by atoms with Crippen LogP contribution in [0.15, 0.2) is 0 Å². The predicted molar refractivity (Wildman–Crippen MR) is 39.6 cm³/mol. The highest BCUT2D eigenvalue weighted by Gasteiger charge is 2.28. The molecule has 10 heavy (non-hydrogen) atoms. The van der Waals surface area contributed by atoms with Crippen molar-refractivity contribution in [3.05, 3.63) is 0 Å². The molecule has 1 aliphatic rings. The van der Waals surface area contributed by atoms with Crippen LogP contribution in [0.3, 0.4) is 0 Å². The van der Waals surface area contributed by atoms with E-state index in [0.717, 1.165) is 25.7 Å². The highest BCUT2D eigenvalue weighted by atomic mass is 16.2. The molecular weight excluding hydrogens is 129 g/mol. The van der Waals surface area contributed by atoms with Crippen molar-refractivity contribution >= 4 is 13.3 Å². The summed E-state index contributed by atoms with van der Waals surface area (Å²) in [4.78, 5) is 12.2. The van der Waals surface area contributed by atoms with Crippen LogP contribution >= 0.6 is 0 Å². The number of carbonyl (C=O) groups is 1. The van der Waals surface area contributed by atoms with Gasteiger partial charge in [-0.15, -0.1) is 0 Å². The summed E-state index contributed by atoms with van der Waals surface area (Å²) in [6.07, 6.45) is 2.84. The Kier molecular flexibility index (Phi) is 2.46. The summed E-state index contributed by atoms with van der Waals surface area (Å²) in [5, 5.41) is 9.12. The molecule has 1 aliphatic heterocycles. The second-order valence-corrected chi connectivity index (χ2v) is 2.72. The molecule has 0 aromatic rings. The lowest BCUT2D eigenvalue weighted by Gasteiger charge is -2.19. The maximum absolute atomic E-state index is 10.4. The Morgan fingerprint density at radius 1 is 1.80 bits per heavy atom. The molecule has 4 heteroatoms. The molecular formula is C6H12BNO2. The average molecular weight is 141 g/mol. The maximum Gasteiger partial charge on any atom is 0.376 e. The third-order valence-electron chi connectivity index (χ3n) is 1.98. The molecule has 0 aromatic carbocycles. The summed E-state index contributed by atoms with van der Waals surface area (Å²) in [7, 11) is -0.474. The molecule has 0 aromatic heterocycles. The van der Waals surface area contributed by atoms with E-state index in [9.17, 15) is 4.79 Å². The van der Waals surface area contributed by atoms with Crippen LogP contribution in [0.2, 0.25) is 6.82 Å². The lowest BCUT2D eigenvalue weighted by molar-refractivity contribution is -0.110. The molecule has 1 unspecified atom stereocenters. The molecule has 0 spiro atoms. The Morgan fingerprint density at radius 2 is 2.50 bits per heavy atom. The van der Waals surface area contributed by atoms with Crippen LogP contribution in [-0.4, -0.2) is 35.8 Å². The van der Waals surface area contributed by atoms with Gasteiger partial charge >= 0.3 is 7.05 Å². The van der Waals surface area contributed by atoms with Crippen molar-refractivity contribution in [3.8, 4) is 0 Å². The van der Waals surface area contributed by atoms with Crippen LogP contribution in [0.5, 0.6) is 0 Å². The highest BCUT2D eigenvalue weighted by Crippen LogP contribution is 2.15. The highest BCUT2D eigenvalue weighted by molar-refractivity contribution is 6.45. The van der Waals surface area contributed by atoms with E-state index in [-0.39, 0.29) is 6.04 Å². The summed E-state index contributed by atoms with van der Waals surface area (Å²) in [6.45, 7) is 2.54. The average Bonchev–Trinajstić information content (AvgIpc) is 2.33. The van der Waals surface area contributed by atoms with Crippen molar-refractivity contribution in [3.63, 3.8) is 0 Å². The number of hydrogen-bond donors (Lipinski definition) is 1. The van der Waals surface area contributed by atoms with Crippen molar-refractivity contribution < 1.29 is 9.82 Å². The largest absolute Gasteiger partial charge is 0.437 e. The Bertz CT molecular complexity index is 129. The molecule has 1 rings (SSSR count). The molecule has 1 fully saturated rings. The smallest absolute Gasteiger partial charge is 0.376 e. The summed E-state index contributed by atoms with van der Waals surface area (Å²) in [5.41, 5.74) is 0. The zero-order chi connectivity index (χ0) is 7.56. The van der Waals surface area contributed by atoms with E-state index in [0.29, 0.717) is 0 Å². The van der Waals surface area contributed by atoms with Crippen molar-refractivity contribution in [2.45, 2.75) is 25.7 Å². The quantitative estimate of drug-likeness (QED) is 0.426. The topological polar surface area (TPSA) is 40.5 Å². The first-order chi connectivity index (χ1) is 4.75. The van der Waals surface area contributed by atoms with Crippen molar-refractivity contribution in [2.24, 2.45) is 0 Å². The Hall–Kier alpha value is -0.345. The summed E-state index contributed by atoms with van der Waals surface area (Å²) in [5.74, 6) is 0. The van der Waals surface area contributed by atoms with Gasteiger partial charge < -0.3 is 14.6 Å². The minimum absolute atomic E-state index is 0.0417. The third-order valence-corrected chi connectivity index (χ3v) is 1.98. The van der Waals surface area contributed by atoms with E-state index in [1.807, 2.05) is 4.81 Å². The molecule has 1 saturated heterocycles. The Morgan fingerprint density at radius 3 is 2.90 bits per heavy atom. The van der Waals surface area contributed by atoms with Crippen molar-refractivity contribution in [2.75, 3.05) is 6.54 Å². The minimum Gasteiger partial charge on any atom is -0.437 e. The summed E-state index contributed by atoms with van der Waals surface area (Å²) < 4.78 is 0. The lowest BCUT2D eigenvalue weighted by Crippen LogP contribution is -2.41. The van der Waals surface area contributed by atoms with E-state index in [2.05, 4.69) is 0 Å². The minimum atomic E-state index is -0.474. The van der Waals surface area contributed by atoms with Crippen LogP contribution in [0, 0.1) is 0 Å². The molecule has 0 bridgehead atoms. The van der Waals surface area contributed by atoms with Gasteiger partial charge in [0.25, 0.3) is 0 Å². The SMILES string of the molecule is CB(O)N1CCCC1C=O. The number of carbonyl (C=O) groups excluding carboxylic acids is 1. The number of hydrogen-bond acceptors (Lipinski definition) is 3. The first-order valence-corrected chi connectivity index (χ1v) is 3.65. The van der Waals surface area contributed by atoms with Crippen molar-refractivity contribution in [1.82, 2.24) is 4.81 Å². The standard InChI is InChI=1S/C6H12BNO2/c1-7(10)8-4-2-3-6(8)5-9/h5-6,10H,2-4H2,1H3. The fraction of sp³-hybridized carbons (Fsp3) is 0.833. The van der Waals surface area contributed by atoms with Gasteiger partial charge in [0.1, 0.15) is 6.29 Å². The molecule has 1 heterocycles. The fourth-order valence-corrected chi connectivity index (χ4v) is 1.42. The zero-order valence-electron chi connectivity index (χ0n) is 6.16. The number of aldehydes is 1. The van der Waals surface area contributed by atoms with E-state index in [4.69, 9.17) is 5.02 Å². The van der Waals surface area contributed by atoms with Crippen LogP contribution < -0.4 is 0 Å². The van der Waals surface area contributed by atoms with Gasteiger partial charge in [-0.2, -0.15) is 0 Å². The molecule has 1 N–H and O–H groups in total. The first kappa shape index (κ1) is 7.76. The number of rotatable bonds is 2. The summed E-state index contributed by atoms with van der Waals surface area (Å²) >= 11 is 0. The van der Waals surface area contributed by atoms with Gasteiger partial charge in [-0.1, -0.05) is 0 Å². The predicted octanol–water partition coefficient (Wildman–Crippen LogP) is -0.240. The van der Waals surface area contributed by atoms with Crippen LogP contribution in [0.1, 0.15) is 12.8 Å². The molecule has 56 valence electrons. The normalized spacial score (nSPS) is 26.8. The molecule has 3 nitrogen and oxygen atoms in total. The second-order valence-electron chi connectivity index (χ2n) is 2.72. The monoisotopic (exact) mass is 141 g/mol. The Balaban J connectivity index is 2.49. The van der Waals surface area contributed by atoms with Crippen LogP contribution in [0.25, 0.3) is 0 Å². The Labute approximate surface area is 61.2 Å². The van der Waals surface area contributed by atoms with Gasteiger partial charge in [0.15, 0.2) is 0 Å². The number of nitrogens with zero attached hydrogens (tertiary/aromatic N) is 1. The molecule has 0 amide bonds. The van der Waals surface area contributed by atoms with Gasteiger partial charge in [0.2, 0.25) is 0 Å². The third kappa shape index (κ3) is 1.38. The van der Waals surface area contributed by atoms with Crippen LogP contribution in [0.4, 0.5) is 0 Å². The maximum atomic E-state index is 10.4. The molecule has 0 saturated carbocycles. The van der Waals surface area contributed by atoms with E-state index in [1.54, 1.807) is 6.82 Å². The van der Waals surface area contributed by atoms with Crippen LogP contribution in [-0.2, 0) is 4.79 Å². The van der Waals surface area contributed by atoms with Gasteiger partial charge in [-0.3, -0.25) is 0 Å². The van der Waals surface area contributed by atoms with Crippen molar-refractivity contribution in [1.29, 1.82) is 0 Å². The van der Waals surface area contributed by atoms with Gasteiger partial charge in [0, 0.05) is 0 Å². The second kappa shape index (κ2) is 3.17. The zero-order valence-corrected chi connectivity index (χ0v) is 6.16. The molecule has 1 atom stereocenters. The van der Waals surface area contributed by atoms with Gasteiger partial charge in [-0.05, 0) is 26.2 Å². The van der Waals surface area contributed by atoms with Gasteiger partial charge in [0.05, 0.1) is 6.04 Å². The van der Waals surface area contributed by atoms with Gasteiger partial charge in [-0.25, -0.2) is 0 Å². The fourth-order valence-electron chi connectivity index (χ4n) is 1.42.